The molecule has 0 unspecified atom stereocenters. The van der Waals surface area contributed by atoms with E-state index in [1.807, 2.05) is 56.3 Å². The zero-order chi connectivity index (χ0) is 18.5. The first-order valence-electron chi connectivity index (χ1n) is 8.26. The van der Waals surface area contributed by atoms with Gasteiger partial charge in [0.25, 0.3) is 5.91 Å². The number of nitrogens with one attached hydrogen (secondary N) is 1. The Morgan fingerprint density at radius 3 is 2.65 bits per heavy atom. The van der Waals surface area contributed by atoms with Crippen LogP contribution in [0, 0.1) is 6.92 Å². The fourth-order valence-electron chi connectivity index (χ4n) is 2.49. The highest BCUT2D eigenvalue weighted by molar-refractivity contribution is 8.18. The van der Waals surface area contributed by atoms with Crippen molar-refractivity contribution in [3.05, 3.63) is 58.5 Å². The number of aryl methyl sites for hydroxylation is 1. The minimum atomic E-state index is -0.176. The van der Waals surface area contributed by atoms with Crippen LogP contribution in [-0.2, 0) is 4.79 Å². The van der Waals surface area contributed by atoms with E-state index in [-0.39, 0.29) is 5.91 Å². The molecule has 1 N–H and O–H groups in total. The second-order valence-electron chi connectivity index (χ2n) is 5.63. The van der Waals surface area contributed by atoms with Crippen molar-refractivity contribution in [2.45, 2.75) is 13.8 Å². The van der Waals surface area contributed by atoms with Crippen LogP contribution in [0.4, 0.5) is 5.69 Å². The number of hydrogen-bond acceptors (Lipinski definition) is 5. The molecule has 0 atom stereocenters. The number of hydrogen-bond donors (Lipinski definition) is 1. The van der Waals surface area contributed by atoms with Crippen molar-refractivity contribution < 1.29 is 14.3 Å². The van der Waals surface area contributed by atoms with Gasteiger partial charge < -0.3 is 14.8 Å². The zero-order valence-corrected chi connectivity index (χ0v) is 15.7. The second-order valence-corrected chi connectivity index (χ2v) is 6.66. The average molecular weight is 368 g/mol. The van der Waals surface area contributed by atoms with Crippen molar-refractivity contribution in [1.82, 2.24) is 5.32 Å². The zero-order valence-electron chi connectivity index (χ0n) is 14.9. The van der Waals surface area contributed by atoms with Crippen molar-refractivity contribution >= 4 is 34.6 Å². The first-order valence-corrected chi connectivity index (χ1v) is 9.08. The smallest absolute Gasteiger partial charge is 0.264 e. The lowest BCUT2D eigenvalue weighted by Gasteiger charge is -2.11. The molecule has 3 rings (SSSR count). The third-order valence-electron chi connectivity index (χ3n) is 3.72. The highest BCUT2D eigenvalue weighted by Crippen LogP contribution is 2.35. The monoisotopic (exact) mass is 368 g/mol. The molecule has 1 saturated heterocycles. The number of amides is 1. The molecule has 1 aliphatic heterocycles. The summed E-state index contributed by atoms with van der Waals surface area (Å²) in [5.74, 6) is 1.09. The van der Waals surface area contributed by atoms with Gasteiger partial charge in [-0.05, 0) is 49.9 Å². The molecule has 1 amide bonds. The quantitative estimate of drug-likeness (QED) is 0.800. The Balaban J connectivity index is 1.87. The van der Waals surface area contributed by atoms with E-state index in [9.17, 15) is 4.79 Å². The molecule has 2 aromatic carbocycles. The molecule has 0 radical (unpaired) electrons. The van der Waals surface area contributed by atoms with Crippen LogP contribution >= 0.6 is 11.8 Å². The lowest BCUT2D eigenvalue weighted by Crippen LogP contribution is -2.19. The molecule has 5 nitrogen and oxygen atoms in total. The van der Waals surface area contributed by atoms with Gasteiger partial charge in [0, 0.05) is 5.56 Å². The number of para-hydroxylation sites is 1. The molecular weight excluding hydrogens is 348 g/mol. The number of amidine groups is 1. The summed E-state index contributed by atoms with van der Waals surface area (Å²) in [4.78, 5) is 17.3. The first kappa shape index (κ1) is 18.1. The average Bonchev–Trinajstić information content (AvgIpc) is 2.97. The molecule has 6 heteroatoms. The maximum Gasteiger partial charge on any atom is 0.264 e. The topological polar surface area (TPSA) is 59.9 Å². The lowest BCUT2D eigenvalue weighted by molar-refractivity contribution is -0.115. The Kier molecular flexibility index (Phi) is 5.63. The van der Waals surface area contributed by atoms with E-state index in [0.29, 0.717) is 28.2 Å². The first-order chi connectivity index (χ1) is 12.6. The van der Waals surface area contributed by atoms with Crippen molar-refractivity contribution in [2.75, 3.05) is 13.7 Å². The predicted octanol–water partition coefficient (Wildman–Crippen LogP) is 4.29. The molecule has 0 aromatic heterocycles. The highest BCUT2D eigenvalue weighted by atomic mass is 32.2. The molecule has 1 heterocycles. The van der Waals surface area contributed by atoms with Crippen molar-refractivity contribution in [3.8, 4) is 11.5 Å². The van der Waals surface area contributed by atoms with Gasteiger partial charge in [-0.3, -0.25) is 4.79 Å². The van der Waals surface area contributed by atoms with Gasteiger partial charge in [-0.15, -0.1) is 0 Å². The number of aliphatic imine (C=N–C) groups is 1. The van der Waals surface area contributed by atoms with Gasteiger partial charge >= 0.3 is 0 Å². The minimum absolute atomic E-state index is 0.176. The number of thioether (sulfide) groups is 1. The van der Waals surface area contributed by atoms with Gasteiger partial charge in [-0.25, -0.2) is 4.99 Å². The molecule has 0 saturated carbocycles. The van der Waals surface area contributed by atoms with Crippen LogP contribution in [0.25, 0.3) is 6.08 Å². The number of nitrogens with zero attached hydrogens (tertiary/aromatic N) is 1. The summed E-state index contributed by atoms with van der Waals surface area (Å²) in [6, 6.07) is 13.4. The summed E-state index contributed by atoms with van der Waals surface area (Å²) < 4.78 is 11.1. The number of benzene rings is 2. The maximum absolute atomic E-state index is 12.3. The van der Waals surface area contributed by atoms with Crippen molar-refractivity contribution in [3.63, 3.8) is 0 Å². The van der Waals surface area contributed by atoms with E-state index in [1.54, 1.807) is 13.2 Å². The van der Waals surface area contributed by atoms with Gasteiger partial charge in [-0.2, -0.15) is 0 Å². The van der Waals surface area contributed by atoms with E-state index in [0.717, 1.165) is 11.3 Å². The number of rotatable bonds is 5. The molecular formula is C20H20N2O3S. The maximum atomic E-state index is 12.3. The predicted molar refractivity (Wildman–Crippen MR) is 106 cm³/mol. The minimum Gasteiger partial charge on any atom is -0.492 e. The van der Waals surface area contributed by atoms with E-state index in [4.69, 9.17) is 9.47 Å². The summed E-state index contributed by atoms with van der Waals surface area (Å²) >= 11 is 1.31. The summed E-state index contributed by atoms with van der Waals surface area (Å²) in [7, 11) is 1.59. The van der Waals surface area contributed by atoms with Crippen LogP contribution in [0.15, 0.2) is 52.4 Å². The van der Waals surface area contributed by atoms with Gasteiger partial charge in [-0.1, -0.05) is 29.8 Å². The molecule has 0 bridgehead atoms. The number of ether oxygens (including phenoxy) is 2. The Morgan fingerprint density at radius 1 is 1.19 bits per heavy atom. The number of methoxy groups -OCH3 is 1. The fraction of sp³-hybridized carbons (Fsp3) is 0.200. The van der Waals surface area contributed by atoms with Gasteiger partial charge in [0.1, 0.15) is 0 Å². The van der Waals surface area contributed by atoms with E-state index < -0.39 is 0 Å². The third kappa shape index (κ3) is 4.08. The van der Waals surface area contributed by atoms with Gasteiger partial charge in [0.2, 0.25) is 0 Å². The largest absolute Gasteiger partial charge is 0.492 e. The third-order valence-corrected chi connectivity index (χ3v) is 4.63. The molecule has 1 aliphatic rings. The van der Waals surface area contributed by atoms with E-state index in [2.05, 4.69) is 10.3 Å². The van der Waals surface area contributed by atoms with Crippen LogP contribution in [0.5, 0.6) is 11.5 Å². The van der Waals surface area contributed by atoms with Crippen LogP contribution in [0.3, 0.4) is 0 Å². The van der Waals surface area contributed by atoms with Crippen molar-refractivity contribution in [2.24, 2.45) is 4.99 Å². The molecule has 0 spiro atoms. The van der Waals surface area contributed by atoms with Gasteiger partial charge in [0.15, 0.2) is 16.7 Å². The second kappa shape index (κ2) is 8.10. The van der Waals surface area contributed by atoms with Crippen LogP contribution in [0.2, 0.25) is 0 Å². The van der Waals surface area contributed by atoms with Crippen molar-refractivity contribution in [1.29, 1.82) is 0 Å². The molecule has 26 heavy (non-hydrogen) atoms. The summed E-state index contributed by atoms with van der Waals surface area (Å²) in [5.41, 5.74) is 2.75. The van der Waals surface area contributed by atoms with Crippen LogP contribution < -0.4 is 14.8 Å². The Morgan fingerprint density at radius 2 is 1.96 bits per heavy atom. The van der Waals surface area contributed by atoms with Crippen LogP contribution in [0.1, 0.15) is 18.1 Å². The van der Waals surface area contributed by atoms with Crippen LogP contribution in [-0.4, -0.2) is 24.8 Å². The summed E-state index contributed by atoms with van der Waals surface area (Å²) in [5, 5.41) is 3.36. The standard InChI is InChI=1S/C20H20N2O3S/c1-4-25-16-7-5-6-14(18(16)24-3)12-17-19(23)22-20(26-17)21-15-10-8-13(2)9-11-15/h5-12H,4H2,1-3H3,(H,21,22,23). The Bertz CT molecular complexity index is 873. The molecule has 1 fully saturated rings. The molecule has 2 aromatic rings. The highest BCUT2D eigenvalue weighted by Gasteiger charge is 2.24. The Hall–Kier alpha value is -2.73. The summed E-state index contributed by atoms with van der Waals surface area (Å²) in [6.07, 6.45) is 1.79. The Labute approximate surface area is 157 Å². The number of carbonyl (C=O) groups is 1. The van der Waals surface area contributed by atoms with Gasteiger partial charge in [0.05, 0.1) is 24.3 Å². The normalized spacial score (nSPS) is 16.8. The lowest BCUT2D eigenvalue weighted by atomic mass is 10.1. The number of carbonyl (C=O) groups excluding carboxylic acids is 1. The summed E-state index contributed by atoms with van der Waals surface area (Å²) in [6.45, 7) is 4.48. The molecule has 134 valence electrons. The SMILES string of the molecule is CCOc1cccc(C=C2SC(=Nc3ccc(C)cc3)NC2=O)c1OC. The van der Waals surface area contributed by atoms with E-state index in [1.165, 1.54) is 17.3 Å². The fourth-order valence-corrected chi connectivity index (χ4v) is 3.33. The molecule has 0 aliphatic carbocycles. The van der Waals surface area contributed by atoms with E-state index >= 15 is 0 Å².